The minimum Gasteiger partial charge on any atom is -0.359 e. The highest BCUT2D eigenvalue weighted by Gasteiger charge is 2.72. The lowest BCUT2D eigenvalue weighted by molar-refractivity contribution is -0.142. The van der Waals surface area contributed by atoms with Crippen LogP contribution in [0.5, 0.6) is 0 Å². The predicted molar refractivity (Wildman–Crippen MR) is 148 cm³/mol. The Balaban J connectivity index is 1.34. The molecule has 3 aliphatic heterocycles. The minimum absolute atomic E-state index is 0.0277. The van der Waals surface area contributed by atoms with E-state index >= 15 is 0 Å². The summed E-state index contributed by atoms with van der Waals surface area (Å²) in [5.74, 6) is -2.42. The molecule has 6 rings (SSSR count). The zero-order chi connectivity index (χ0) is 28.2. The molecule has 40 heavy (non-hydrogen) atoms. The first kappa shape index (κ1) is 26.7. The maximum absolute atomic E-state index is 14.8. The van der Waals surface area contributed by atoms with Gasteiger partial charge in [-0.05, 0) is 48.9 Å². The van der Waals surface area contributed by atoms with Crippen LogP contribution in [0.2, 0.25) is 0 Å². The van der Waals surface area contributed by atoms with E-state index in [0.29, 0.717) is 17.2 Å². The summed E-state index contributed by atoms with van der Waals surface area (Å²) in [4.78, 5) is 43.3. The zero-order valence-electron chi connectivity index (χ0n) is 23.1. The van der Waals surface area contributed by atoms with Crippen molar-refractivity contribution in [3.05, 3.63) is 77.6 Å². The van der Waals surface area contributed by atoms with E-state index in [0.717, 1.165) is 24.8 Å². The second-order valence-electron chi connectivity index (χ2n) is 12.0. The summed E-state index contributed by atoms with van der Waals surface area (Å²) in [5.41, 5.74) is 0.641. The Morgan fingerprint density at radius 2 is 1.90 bits per heavy atom. The summed E-state index contributed by atoms with van der Waals surface area (Å²) in [6, 6.07) is 12.7. The minimum atomic E-state index is -1.30. The van der Waals surface area contributed by atoms with Gasteiger partial charge in [-0.2, -0.15) is 0 Å². The lowest BCUT2D eigenvalue weighted by atomic mass is 9.73. The van der Waals surface area contributed by atoms with E-state index in [1.807, 2.05) is 25.1 Å². The summed E-state index contributed by atoms with van der Waals surface area (Å²) in [6.45, 7) is 6.19. The van der Waals surface area contributed by atoms with Crippen LogP contribution in [0.25, 0.3) is 0 Å². The van der Waals surface area contributed by atoms with Gasteiger partial charge in [-0.1, -0.05) is 69.2 Å². The number of hydrogen-bond donors (Lipinski definition) is 2. The van der Waals surface area contributed by atoms with Gasteiger partial charge in [-0.3, -0.25) is 14.4 Å². The molecule has 8 atom stereocenters. The van der Waals surface area contributed by atoms with E-state index in [9.17, 15) is 18.8 Å². The lowest BCUT2D eigenvalue weighted by Gasteiger charge is -2.38. The van der Waals surface area contributed by atoms with E-state index in [1.54, 1.807) is 36.4 Å². The number of rotatable bonds is 6. The van der Waals surface area contributed by atoms with Gasteiger partial charge in [0.25, 0.3) is 0 Å². The van der Waals surface area contributed by atoms with Crippen molar-refractivity contribution in [2.24, 2.45) is 23.7 Å². The van der Waals surface area contributed by atoms with Crippen molar-refractivity contribution >= 4 is 23.4 Å². The molecule has 2 bridgehead atoms. The van der Waals surface area contributed by atoms with E-state index in [-0.39, 0.29) is 36.2 Å². The first-order valence-corrected chi connectivity index (χ1v) is 14.3. The van der Waals surface area contributed by atoms with E-state index < -0.39 is 35.4 Å². The first-order chi connectivity index (χ1) is 19.2. The highest BCUT2D eigenvalue weighted by atomic mass is 19.1. The highest BCUT2D eigenvalue weighted by Crippen LogP contribution is 2.55. The number of halogens is 1. The number of hydrogen-bond acceptors (Lipinski definition) is 4. The fourth-order valence-corrected chi connectivity index (χ4v) is 7.24. The number of carbonyl (C=O) groups excluding carboxylic acids is 3. The summed E-state index contributed by atoms with van der Waals surface area (Å²) >= 11 is 0. The summed E-state index contributed by atoms with van der Waals surface area (Å²) in [5, 5.41) is 6.18. The quantitative estimate of drug-likeness (QED) is 0.528. The molecule has 0 aromatic heterocycles. The maximum atomic E-state index is 14.8. The highest BCUT2D eigenvalue weighted by molar-refractivity contribution is 6.02. The van der Waals surface area contributed by atoms with Crippen LogP contribution in [0.3, 0.4) is 0 Å². The largest absolute Gasteiger partial charge is 0.359 e. The number of nitrogens with zero attached hydrogens (tertiary/aromatic N) is 1. The Hall–Kier alpha value is -3.52. The van der Waals surface area contributed by atoms with Crippen LogP contribution in [0.1, 0.15) is 44.2 Å². The smallest absolute Gasteiger partial charge is 0.246 e. The van der Waals surface area contributed by atoms with Gasteiger partial charge in [0.1, 0.15) is 17.5 Å². The molecule has 210 valence electrons. The van der Waals surface area contributed by atoms with Crippen molar-refractivity contribution in [3.8, 4) is 0 Å². The van der Waals surface area contributed by atoms with Crippen molar-refractivity contribution in [1.29, 1.82) is 0 Å². The van der Waals surface area contributed by atoms with Crippen LogP contribution < -0.4 is 10.6 Å². The fraction of sp³-hybridized carbons (Fsp3) is 0.469. The Labute approximate surface area is 234 Å². The Morgan fingerprint density at radius 1 is 1.10 bits per heavy atom. The number of fused-ring (bicyclic) bond motifs is 1. The van der Waals surface area contributed by atoms with E-state index in [1.165, 1.54) is 11.0 Å². The van der Waals surface area contributed by atoms with Crippen molar-refractivity contribution < 1.29 is 23.5 Å². The molecule has 0 unspecified atom stereocenters. The van der Waals surface area contributed by atoms with Crippen LogP contribution in [0.15, 0.2) is 60.7 Å². The Bertz CT molecular complexity index is 1380. The summed E-state index contributed by atoms with van der Waals surface area (Å²) in [7, 11) is 0. The van der Waals surface area contributed by atoms with Crippen LogP contribution >= 0.6 is 0 Å². The van der Waals surface area contributed by atoms with Crippen molar-refractivity contribution in [1.82, 2.24) is 10.2 Å². The molecule has 2 aromatic carbocycles. The first-order valence-electron chi connectivity index (χ1n) is 14.3. The monoisotopic (exact) mass is 545 g/mol. The van der Waals surface area contributed by atoms with Gasteiger partial charge in [0.15, 0.2) is 0 Å². The van der Waals surface area contributed by atoms with Crippen molar-refractivity contribution in [2.75, 3.05) is 5.32 Å². The molecule has 3 amide bonds. The second kappa shape index (κ2) is 10.1. The number of amides is 3. The van der Waals surface area contributed by atoms with Gasteiger partial charge in [0.2, 0.25) is 17.7 Å². The number of nitrogens with one attached hydrogen (secondary N) is 2. The molecule has 1 saturated carbocycles. The van der Waals surface area contributed by atoms with Crippen LogP contribution in [-0.4, -0.2) is 46.4 Å². The number of carbonyl (C=O) groups is 3. The molecule has 3 heterocycles. The third kappa shape index (κ3) is 4.33. The van der Waals surface area contributed by atoms with Gasteiger partial charge in [-0.15, -0.1) is 0 Å². The molecule has 1 spiro atoms. The van der Waals surface area contributed by atoms with Crippen LogP contribution in [0, 0.1) is 36.4 Å². The molecule has 3 fully saturated rings. The number of aryl methyl sites for hydroxylation is 1. The Kier molecular flexibility index (Phi) is 6.77. The molecule has 4 aliphatic rings. The second-order valence-corrected chi connectivity index (χ2v) is 12.0. The van der Waals surface area contributed by atoms with Gasteiger partial charge in [-0.25, -0.2) is 4.39 Å². The van der Waals surface area contributed by atoms with Gasteiger partial charge < -0.3 is 20.3 Å². The standard InChI is InChI=1S/C32H36FN3O4/c1-18-8-6-11-22(16-18)34-29(37)26-25-14-15-32(40-25)27(26)31(39)36(17-21-10-4-5-12-23(21)33)28(32)30(38)35-24-13-7-9-19(2)20(24)3/h4-6,8,10-12,14-16,19-20,24-28H,7,9,13,17H2,1-3H3,(H,34,37)(H,35,38)/t19-,20-,24+,25+,26-,27+,28+,32+/m0/s1. The average Bonchev–Trinajstić information content (AvgIpc) is 3.55. The van der Waals surface area contributed by atoms with Crippen molar-refractivity contribution in [3.63, 3.8) is 0 Å². The third-order valence-electron chi connectivity index (χ3n) is 9.54. The van der Waals surface area contributed by atoms with Crippen molar-refractivity contribution in [2.45, 2.75) is 70.4 Å². The van der Waals surface area contributed by atoms with E-state index in [4.69, 9.17) is 4.74 Å². The van der Waals surface area contributed by atoms with Gasteiger partial charge in [0, 0.05) is 23.8 Å². The van der Waals surface area contributed by atoms with Crippen LogP contribution in [-0.2, 0) is 25.7 Å². The number of benzene rings is 2. The van der Waals surface area contributed by atoms with Gasteiger partial charge >= 0.3 is 0 Å². The summed E-state index contributed by atoms with van der Waals surface area (Å²) in [6.07, 6.45) is 5.96. The molecule has 0 radical (unpaired) electrons. The van der Waals surface area contributed by atoms with E-state index in [2.05, 4.69) is 24.5 Å². The fourth-order valence-electron chi connectivity index (χ4n) is 7.24. The molecule has 7 nitrogen and oxygen atoms in total. The Morgan fingerprint density at radius 3 is 2.67 bits per heavy atom. The zero-order valence-corrected chi connectivity index (χ0v) is 23.1. The topological polar surface area (TPSA) is 87.7 Å². The normalized spacial score (nSPS) is 34.1. The lowest BCUT2D eigenvalue weighted by Crippen LogP contribution is -2.57. The van der Waals surface area contributed by atoms with Gasteiger partial charge in [0.05, 0.1) is 17.9 Å². The summed E-state index contributed by atoms with van der Waals surface area (Å²) < 4.78 is 21.2. The SMILES string of the molecule is Cc1cccc(NC(=O)[C@H]2[C@H]3C=C[C@@]4(O3)[C@H]2C(=O)N(Cc2ccccc2F)[C@@H]4C(=O)N[C@@H]2CCC[C@H](C)[C@@H]2C)c1. The molecule has 2 N–H and O–H groups in total. The average molecular weight is 546 g/mol. The number of ether oxygens (including phenoxy) is 1. The number of anilines is 1. The number of likely N-dealkylation sites (tertiary alicyclic amines) is 1. The third-order valence-corrected chi connectivity index (χ3v) is 9.54. The molecular formula is C32H36FN3O4. The molecule has 2 saturated heterocycles. The molecule has 2 aromatic rings. The predicted octanol–water partition coefficient (Wildman–Crippen LogP) is 4.36. The molecular weight excluding hydrogens is 509 g/mol. The van der Waals surface area contributed by atoms with Crippen LogP contribution in [0.4, 0.5) is 10.1 Å². The molecule has 8 heteroatoms. The molecule has 1 aliphatic carbocycles. The maximum Gasteiger partial charge on any atom is 0.246 e.